The summed E-state index contributed by atoms with van der Waals surface area (Å²) in [5, 5.41) is 23.2. The van der Waals surface area contributed by atoms with Gasteiger partial charge in [-0.1, -0.05) is 171 Å². The molecule has 0 spiro atoms. The largest absolute Gasteiger partial charge is 0.507 e. The Labute approximate surface area is 406 Å². The van der Waals surface area contributed by atoms with Crippen LogP contribution in [0.5, 0.6) is 23.0 Å². The Morgan fingerprint density at radius 1 is 0.448 bits per heavy atom. The normalized spacial score (nSPS) is 12.6. The minimum atomic E-state index is -1.88. The van der Waals surface area contributed by atoms with Crippen LogP contribution in [0.2, 0.25) is 0 Å². The number of aromatic hydroxyl groups is 2. The van der Waals surface area contributed by atoms with Crippen molar-refractivity contribution in [2.45, 2.75) is 210 Å². The summed E-state index contributed by atoms with van der Waals surface area (Å²) in [6.07, 6.45) is 11.9. The van der Waals surface area contributed by atoms with Crippen LogP contribution >= 0.6 is 0 Å². The van der Waals surface area contributed by atoms with Crippen molar-refractivity contribution in [3.05, 3.63) is 117 Å². The average Bonchev–Trinajstić information content (AvgIpc) is 3.23. The van der Waals surface area contributed by atoms with E-state index < -0.39 is 17.4 Å². The van der Waals surface area contributed by atoms with Crippen LogP contribution in [-0.4, -0.2) is 22.2 Å². The molecule has 0 radical (unpaired) electrons. The minimum absolute atomic E-state index is 0.0218. The van der Waals surface area contributed by atoms with E-state index in [1.54, 1.807) is 0 Å². The van der Waals surface area contributed by atoms with Crippen molar-refractivity contribution in [3.8, 4) is 23.0 Å². The molecule has 4 aromatic carbocycles. The molecule has 0 heterocycles. The quantitative estimate of drug-likeness (QED) is 0.0413. The van der Waals surface area contributed by atoms with Crippen LogP contribution in [0.1, 0.15) is 206 Å². The summed E-state index contributed by atoms with van der Waals surface area (Å²) in [6, 6.07) is 23.4. The van der Waals surface area contributed by atoms with Crippen molar-refractivity contribution in [3.63, 3.8) is 0 Å². The summed E-state index contributed by atoms with van der Waals surface area (Å²) in [7, 11) is 0. The number of phenolic OH excluding ortho intramolecular Hbond substituents is 2. The van der Waals surface area contributed by atoms with Gasteiger partial charge in [-0.25, -0.2) is 0 Å². The molecule has 0 atom stereocenters. The molecule has 0 aliphatic heterocycles. The lowest BCUT2D eigenvalue weighted by molar-refractivity contribution is -0.161. The van der Waals surface area contributed by atoms with Gasteiger partial charge in [0.25, 0.3) is 0 Å². The van der Waals surface area contributed by atoms with Gasteiger partial charge in [0.05, 0.1) is 0 Å². The van der Waals surface area contributed by atoms with Crippen molar-refractivity contribution >= 4 is 11.9 Å². The first-order chi connectivity index (χ1) is 31.4. The van der Waals surface area contributed by atoms with Gasteiger partial charge in [-0.05, 0) is 167 Å². The Morgan fingerprint density at radius 2 is 0.716 bits per heavy atom. The molecule has 2 N–H and O–H groups in total. The second kappa shape index (κ2) is 23.6. The summed E-state index contributed by atoms with van der Waals surface area (Å²) in [4.78, 5) is 31.2. The van der Waals surface area contributed by atoms with Gasteiger partial charge in [-0.15, -0.1) is 0 Å². The molecule has 6 nitrogen and oxygen atoms in total. The number of hydrogen-bond acceptors (Lipinski definition) is 6. The maximum absolute atomic E-state index is 15.6. The topological polar surface area (TPSA) is 93.1 Å². The van der Waals surface area contributed by atoms with Crippen molar-refractivity contribution in [2.24, 2.45) is 16.2 Å². The van der Waals surface area contributed by atoms with Gasteiger partial charge in [-0.3, -0.25) is 9.59 Å². The molecule has 0 aliphatic rings. The second-order valence-electron chi connectivity index (χ2n) is 23.4. The third-order valence-electron chi connectivity index (χ3n) is 13.3. The molecule has 4 aromatic rings. The molecule has 0 fully saturated rings. The van der Waals surface area contributed by atoms with Crippen LogP contribution in [0.3, 0.4) is 0 Å². The summed E-state index contributed by atoms with van der Waals surface area (Å²) in [5.41, 5.74) is 5.15. The zero-order valence-corrected chi connectivity index (χ0v) is 44.3. The van der Waals surface area contributed by atoms with Crippen molar-refractivity contribution in [1.29, 1.82) is 0 Å². The molecule has 0 amide bonds. The summed E-state index contributed by atoms with van der Waals surface area (Å²) < 4.78 is 12.9. The smallest absolute Gasteiger partial charge is 0.329 e. The van der Waals surface area contributed by atoms with Gasteiger partial charge >= 0.3 is 11.9 Å². The Morgan fingerprint density at radius 3 is 0.955 bits per heavy atom. The highest BCUT2D eigenvalue weighted by molar-refractivity contribution is 6.02. The van der Waals surface area contributed by atoms with Crippen LogP contribution in [-0.2, 0) is 58.9 Å². The van der Waals surface area contributed by atoms with Gasteiger partial charge < -0.3 is 19.7 Å². The Bertz CT molecular complexity index is 1990. The summed E-state index contributed by atoms with van der Waals surface area (Å²) in [5.74, 6) is -0.134. The van der Waals surface area contributed by atoms with Crippen LogP contribution < -0.4 is 9.47 Å². The third-order valence-corrected chi connectivity index (χ3v) is 13.3. The fourth-order valence-electron chi connectivity index (χ4n) is 10.4. The number of carbonyl (C=O) groups is 2. The molecule has 67 heavy (non-hydrogen) atoms. The van der Waals surface area contributed by atoms with Gasteiger partial charge in [-0.2, -0.15) is 0 Å². The molecular weight excluding hydrogens is 829 g/mol. The van der Waals surface area contributed by atoms with E-state index in [4.69, 9.17) is 9.47 Å². The first-order valence-corrected chi connectivity index (χ1v) is 25.7. The van der Waals surface area contributed by atoms with Crippen molar-refractivity contribution < 1.29 is 29.3 Å². The van der Waals surface area contributed by atoms with Crippen molar-refractivity contribution in [1.82, 2.24) is 0 Å². The molecule has 0 saturated heterocycles. The highest BCUT2D eigenvalue weighted by atomic mass is 16.6. The SMILES string of the molecule is CCCCc1cc(CC(Cc2cc(CCCC)c(O)c(CCCC)c2)(C(=O)Oc2ccc(C(C)(C)CC(C)(C)C)cc2)C(=O)Oc2ccc(C(C)(C)CC(C)(C)C)cc2)cc(CCCC)c1O. The van der Waals surface area contributed by atoms with Gasteiger partial charge in [0, 0.05) is 0 Å². The lowest BCUT2D eigenvalue weighted by Gasteiger charge is -2.33. The van der Waals surface area contributed by atoms with Gasteiger partial charge in [0.1, 0.15) is 23.0 Å². The van der Waals surface area contributed by atoms with E-state index in [1.807, 2.05) is 72.8 Å². The first kappa shape index (κ1) is 55.0. The van der Waals surface area contributed by atoms with E-state index in [-0.39, 0.29) is 34.5 Å². The van der Waals surface area contributed by atoms with Crippen LogP contribution in [0.15, 0.2) is 72.8 Å². The molecule has 6 heteroatoms. The molecule has 4 rings (SSSR count). The standard InChI is InChI=1S/C61H88O6/c1-15-19-23-45-35-43(36-46(53(45)62)24-20-16-2)39-61(40-44-37-47(25-21-17-3)54(63)48(38-44)26-22-18-4,55(64)66-51-31-27-49(28-32-51)59(11,12)41-57(5,6)7)56(65)67-52-33-29-50(30-34-52)60(13,14)42-58(8,9)10/h27-38,62-63H,15-26,39-42H2,1-14H3. The highest BCUT2D eigenvalue weighted by Crippen LogP contribution is 2.41. The Kier molecular flexibility index (Phi) is 19.4. The number of benzene rings is 4. The molecule has 0 saturated carbocycles. The predicted octanol–water partition coefficient (Wildman–Crippen LogP) is 15.9. The minimum Gasteiger partial charge on any atom is -0.507 e. The zero-order valence-electron chi connectivity index (χ0n) is 44.3. The number of rotatable bonds is 24. The van der Waals surface area contributed by atoms with Gasteiger partial charge in [0.2, 0.25) is 0 Å². The van der Waals surface area contributed by atoms with Crippen molar-refractivity contribution in [2.75, 3.05) is 0 Å². The fourth-order valence-corrected chi connectivity index (χ4v) is 10.4. The maximum Gasteiger partial charge on any atom is 0.329 e. The van der Waals surface area contributed by atoms with E-state index in [0.717, 1.165) is 109 Å². The van der Waals surface area contributed by atoms with E-state index in [9.17, 15) is 10.2 Å². The third kappa shape index (κ3) is 15.7. The summed E-state index contributed by atoms with van der Waals surface area (Å²) >= 11 is 0. The lowest BCUT2D eigenvalue weighted by Crippen LogP contribution is -2.48. The van der Waals surface area contributed by atoms with Crippen LogP contribution in [0.25, 0.3) is 0 Å². The Hall–Kier alpha value is -4.58. The number of hydrogen-bond donors (Lipinski definition) is 2. The number of aryl methyl sites for hydroxylation is 4. The fraction of sp³-hybridized carbons (Fsp3) is 0.574. The second-order valence-corrected chi connectivity index (χ2v) is 23.4. The predicted molar refractivity (Wildman–Crippen MR) is 279 cm³/mol. The molecule has 0 aliphatic carbocycles. The monoisotopic (exact) mass is 917 g/mol. The number of unbranched alkanes of at least 4 members (excludes halogenated alkanes) is 4. The van der Waals surface area contributed by atoms with Crippen LogP contribution in [0, 0.1) is 16.2 Å². The molecule has 0 bridgehead atoms. The number of esters is 2. The average molecular weight is 917 g/mol. The Balaban J connectivity index is 1.99. The van der Waals surface area contributed by atoms with E-state index in [2.05, 4.69) is 96.9 Å². The van der Waals surface area contributed by atoms with Crippen LogP contribution in [0.4, 0.5) is 0 Å². The number of carbonyl (C=O) groups excluding carboxylic acids is 2. The molecule has 368 valence electrons. The summed E-state index contributed by atoms with van der Waals surface area (Å²) in [6.45, 7) is 30.9. The van der Waals surface area contributed by atoms with E-state index >= 15 is 9.59 Å². The lowest BCUT2D eigenvalue weighted by atomic mass is 9.72. The highest BCUT2D eigenvalue weighted by Gasteiger charge is 2.50. The van der Waals surface area contributed by atoms with E-state index in [1.165, 1.54) is 0 Å². The first-order valence-electron chi connectivity index (χ1n) is 25.7. The number of phenols is 2. The maximum atomic E-state index is 15.6. The zero-order chi connectivity index (χ0) is 49.8. The van der Waals surface area contributed by atoms with E-state index in [0.29, 0.717) is 48.7 Å². The molecular formula is C61H88O6. The molecule has 0 aromatic heterocycles. The number of ether oxygens (including phenoxy) is 2. The molecule has 0 unspecified atom stereocenters. The van der Waals surface area contributed by atoms with Gasteiger partial charge in [0.15, 0.2) is 5.41 Å².